The van der Waals surface area contributed by atoms with Crippen molar-refractivity contribution in [2.75, 3.05) is 7.11 Å². The smallest absolute Gasteiger partial charge is 0.128 e. The fraction of sp³-hybridized carbons (Fsp3) is 0.500. The summed E-state index contributed by atoms with van der Waals surface area (Å²) < 4.78 is 18.5. The van der Waals surface area contributed by atoms with Gasteiger partial charge in [-0.2, -0.15) is 0 Å². The van der Waals surface area contributed by atoms with Crippen molar-refractivity contribution < 1.29 is 9.13 Å². The minimum atomic E-state index is -0.186. The van der Waals surface area contributed by atoms with Crippen molar-refractivity contribution in [2.45, 2.75) is 32.0 Å². The molecule has 3 heteroatoms. The Morgan fingerprint density at radius 2 is 2.32 bits per heavy atom. The number of methoxy groups -OCH3 is 1. The monoisotopic (exact) mass is 261 g/mol. The van der Waals surface area contributed by atoms with Gasteiger partial charge in [-0.15, -0.1) is 0 Å². The molecule has 0 aromatic heterocycles. The van der Waals surface area contributed by atoms with Crippen molar-refractivity contribution >= 4 is 0 Å². The molecule has 2 aliphatic rings. The summed E-state index contributed by atoms with van der Waals surface area (Å²) in [5.41, 5.74) is 1.76. The zero-order valence-electron chi connectivity index (χ0n) is 11.2. The highest BCUT2D eigenvalue weighted by Crippen LogP contribution is 2.42. The van der Waals surface area contributed by atoms with Crippen molar-refractivity contribution in [1.29, 1.82) is 0 Å². The number of nitrogens with one attached hydrogen (secondary N) is 1. The first-order chi connectivity index (χ1) is 9.28. The summed E-state index contributed by atoms with van der Waals surface area (Å²) >= 11 is 0. The van der Waals surface area contributed by atoms with E-state index in [1.807, 2.05) is 12.1 Å². The molecule has 1 fully saturated rings. The average molecular weight is 261 g/mol. The largest absolute Gasteiger partial charge is 0.380 e. The Hall–Kier alpha value is -1.19. The lowest BCUT2D eigenvalue weighted by Gasteiger charge is -2.41. The molecule has 2 aliphatic carbocycles. The van der Waals surface area contributed by atoms with E-state index in [2.05, 4.69) is 17.5 Å². The topological polar surface area (TPSA) is 21.3 Å². The number of rotatable bonds is 5. The highest BCUT2D eigenvalue weighted by molar-refractivity contribution is 5.25. The van der Waals surface area contributed by atoms with Gasteiger partial charge in [-0.25, -0.2) is 4.39 Å². The van der Waals surface area contributed by atoms with Gasteiger partial charge < -0.3 is 10.1 Å². The Kier molecular flexibility index (Phi) is 3.67. The van der Waals surface area contributed by atoms with Crippen molar-refractivity contribution in [1.82, 2.24) is 5.32 Å². The van der Waals surface area contributed by atoms with Crippen LogP contribution in [-0.2, 0) is 17.9 Å². The standard InChI is InChI=1S/C16H20FNO/c1-19-10-13-7-11(5-6-15(13)17)9-18-16-8-12-3-2-4-14(12)16/h2-3,5-7,12,14,16,18H,4,8-10H2,1H3/t12-,14-,16?/m0/s1. The van der Waals surface area contributed by atoms with Gasteiger partial charge in [0, 0.05) is 25.3 Å². The Labute approximate surface area is 113 Å². The van der Waals surface area contributed by atoms with Crippen molar-refractivity contribution in [3.05, 3.63) is 47.3 Å². The van der Waals surface area contributed by atoms with E-state index in [1.165, 1.54) is 18.9 Å². The second kappa shape index (κ2) is 5.43. The SMILES string of the molecule is COCc1cc(CNC2C[C@@H]3C=CC[C@H]23)ccc1F. The summed E-state index contributed by atoms with van der Waals surface area (Å²) in [6.45, 7) is 1.14. The first kappa shape index (κ1) is 12.8. The molecule has 1 aromatic carbocycles. The maximum absolute atomic E-state index is 13.5. The van der Waals surface area contributed by atoms with Gasteiger partial charge in [-0.1, -0.05) is 18.2 Å². The lowest BCUT2D eigenvalue weighted by atomic mass is 9.71. The maximum Gasteiger partial charge on any atom is 0.128 e. The van der Waals surface area contributed by atoms with E-state index in [4.69, 9.17) is 4.74 Å². The highest BCUT2D eigenvalue weighted by atomic mass is 19.1. The molecule has 0 amide bonds. The Balaban J connectivity index is 1.56. The number of allylic oxidation sites excluding steroid dienone is 2. The fourth-order valence-corrected chi connectivity index (χ4v) is 3.20. The lowest BCUT2D eigenvalue weighted by Crippen LogP contribution is -2.47. The van der Waals surface area contributed by atoms with Crippen LogP contribution in [-0.4, -0.2) is 13.2 Å². The van der Waals surface area contributed by atoms with Gasteiger partial charge in [0.05, 0.1) is 6.61 Å². The molecule has 0 spiro atoms. The summed E-state index contributed by atoms with van der Waals surface area (Å²) in [5, 5.41) is 3.59. The molecule has 102 valence electrons. The molecular weight excluding hydrogens is 241 g/mol. The predicted octanol–water partition coefficient (Wildman–Crippen LogP) is 3.03. The van der Waals surface area contributed by atoms with Crippen molar-refractivity contribution in [2.24, 2.45) is 11.8 Å². The van der Waals surface area contributed by atoms with Gasteiger partial charge in [-0.3, -0.25) is 0 Å². The van der Waals surface area contributed by atoms with Gasteiger partial charge in [0.25, 0.3) is 0 Å². The number of hydrogen-bond donors (Lipinski definition) is 1. The zero-order chi connectivity index (χ0) is 13.2. The third-order valence-electron chi connectivity index (χ3n) is 4.36. The van der Waals surface area contributed by atoms with Crippen LogP contribution in [0.4, 0.5) is 4.39 Å². The van der Waals surface area contributed by atoms with Crippen LogP contribution in [0.25, 0.3) is 0 Å². The van der Waals surface area contributed by atoms with Crippen LogP contribution >= 0.6 is 0 Å². The minimum absolute atomic E-state index is 0.186. The van der Waals surface area contributed by atoms with Gasteiger partial charge in [0.2, 0.25) is 0 Å². The van der Waals surface area contributed by atoms with E-state index >= 15 is 0 Å². The summed E-state index contributed by atoms with van der Waals surface area (Å²) in [5.74, 6) is 1.41. The molecule has 1 N–H and O–H groups in total. The quantitative estimate of drug-likeness (QED) is 0.823. The second-order valence-corrected chi connectivity index (χ2v) is 5.57. The summed E-state index contributed by atoms with van der Waals surface area (Å²) in [6, 6.07) is 5.90. The summed E-state index contributed by atoms with van der Waals surface area (Å²) in [4.78, 5) is 0. The van der Waals surface area contributed by atoms with Gasteiger partial charge >= 0.3 is 0 Å². The minimum Gasteiger partial charge on any atom is -0.380 e. The van der Waals surface area contributed by atoms with Crippen LogP contribution in [0, 0.1) is 17.7 Å². The summed E-state index contributed by atoms with van der Waals surface area (Å²) in [7, 11) is 1.59. The predicted molar refractivity (Wildman–Crippen MR) is 73.1 cm³/mol. The van der Waals surface area contributed by atoms with E-state index < -0.39 is 0 Å². The molecule has 3 atom stereocenters. The number of hydrogen-bond acceptors (Lipinski definition) is 2. The van der Waals surface area contributed by atoms with Gasteiger partial charge in [0.15, 0.2) is 0 Å². The molecule has 1 aromatic rings. The molecule has 2 nitrogen and oxygen atoms in total. The first-order valence-corrected chi connectivity index (χ1v) is 6.94. The Morgan fingerprint density at radius 1 is 1.42 bits per heavy atom. The Bertz CT molecular complexity index is 486. The van der Waals surface area contributed by atoms with Gasteiger partial charge in [-0.05, 0) is 42.4 Å². The Morgan fingerprint density at radius 3 is 3.11 bits per heavy atom. The molecule has 0 heterocycles. The van der Waals surface area contributed by atoms with Crippen molar-refractivity contribution in [3.63, 3.8) is 0 Å². The molecule has 1 unspecified atom stereocenters. The van der Waals surface area contributed by atoms with Crippen LogP contribution in [0.2, 0.25) is 0 Å². The first-order valence-electron chi connectivity index (χ1n) is 6.94. The lowest BCUT2D eigenvalue weighted by molar-refractivity contribution is 0.158. The molecule has 1 saturated carbocycles. The molecule has 0 bridgehead atoms. The molecule has 0 radical (unpaired) electrons. The van der Waals surface area contributed by atoms with E-state index in [9.17, 15) is 4.39 Å². The molecule has 0 aliphatic heterocycles. The normalized spacial score (nSPS) is 28.2. The molecule has 19 heavy (non-hydrogen) atoms. The van der Waals surface area contributed by atoms with E-state index in [1.54, 1.807) is 7.11 Å². The van der Waals surface area contributed by atoms with Crippen LogP contribution in [0.15, 0.2) is 30.4 Å². The molecule has 3 rings (SSSR count). The molecular formula is C16H20FNO. The third-order valence-corrected chi connectivity index (χ3v) is 4.36. The third kappa shape index (κ3) is 2.58. The van der Waals surface area contributed by atoms with E-state index in [-0.39, 0.29) is 5.82 Å². The zero-order valence-corrected chi connectivity index (χ0v) is 11.2. The van der Waals surface area contributed by atoms with Crippen LogP contribution in [0.5, 0.6) is 0 Å². The van der Waals surface area contributed by atoms with Crippen LogP contribution < -0.4 is 5.32 Å². The molecule has 0 saturated heterocycles. The second-order valence-electron chi connectivity index (χ2n) is 5.57. The maximum atomic E-state index is 13.5. The summed E-state index contributed by atoms with van der Waals surface area (Å²) in [6.07, 6.45) is 7.09. The van der Waals surface area contributed by atoms with Gasteiger partial charge in [0.1, 0.15) is 5.82 Å². The van der Waals surface area contributed by atoms with E-state index in [0.717, 1.165) is 23.9 Å². The van der Waals surface area contributed by atoms with Crippen LogP contribution in [0.1, 0.15) is 24.0 Å². The highest BCUT2D eigenvalue weighted by Gasteiger charge is 2.40. The van der Waals surface area contributed by atoms with Crippen LogP contribution in [0.3, 0.4) is 0 Å². The number of benzene rings is 1. The number of fused-ring (bicyclic) bond motifs is 1. The number of halogens is 1. The van der Waals surface area contributed by atoms with Crippen molar-refractivity contribution in [3.8, 4) is 0 Å². The number of ether oxygens (including phenoxy) is 1. The average Bonchev–Trinajstić information content (AvgIpc) is 2.75. The van der Waals surface area contributed by atoms with E-state index in [0.29, 0.717) is 18.2 Å². The fourth-order valence-electron chi connectivity index (χ4n) is 3.20.